The third-order valence-electron chi connectivity index (χ3n) is 2.88. The van der Waals surface area contributed by atoms with Crippen LogP contribution in [0.5, 0.6) is 0 Å². The van der Waals surface area contributed by atoms with Gasteiger partial charge in [-0.05, 0) is 37.6 Å². The summed E-state index contributed by atoms with van der Waals surface area (Å²) < 4.78 is 1.98. The number of aryl methyl sites for hydroxylation is 2. The Hall–Kier alpha value is -0.480. The predicted octanol–water partition coefficient (Wildman–Crippen LogP) is 2.47. The SMILES string of the molecule is CCCNC(CCc1ccnn1C)CSCC. The average molecular weight is 255 g/mol. The molecule has 0 radical (unpaired) electrons. The molecule has 0 amide bonds. The molecule has 0 saturated carbocycles. The standard InChI is InChI=1S/C13H25N3S/c1-4-9-14-12(11-17-5-2)6-7-13-8-10-15-16(13)3/h8,10,12,14H,4-7,9,11H2,1-3H3. The molecule has 0 aliphatic carbocycles. The number of thioether (sulfide) groups is 1. The van der Waals surface area contributed by atoms with E-state index in [9.17, 15) is 0 Å². The quantitative estimate of drug-likeness (QED) is 0.735. The highest BCUT2D eigenvalue weighted by Crippen LogP contribution is 2.09. The molecule has 1 rings (SSSR count). The molecule has 3 nitrogen and oxygen atoms in total. The van der Waals surface area contributed by atoms with Gasteiger partial charge in [-0.1, -0.05) is 13.8 Å². The van der Waals surface area contributed by atoms with Gasteiger partial charge in [0.25, 0.3) is 0 Å². The van der Waals surface area contributed by atoms with Gasteiger partial charge < -0.3 is 5.32 Å². The zero-order valence-electron chi connectivity index (χ0n) is 11.3. The van der Waals surface area contributed by atoms with Crippen molar-refractivity contribution in [3.63, 3.8) is 0 Å². The predicted molar refractivity (Wildman–Crippen MR) is 76.6 cm³/mol. The summed E-state index contributed by atoms with van der Waals surface area (Å²) in [4.78, 5) is 0. The second-order valence-electron chi connectivity index (χ2n) is 4.30. The van der Waals surface area contributed by atoms with Crippen LogP contribution >= 0.6 is 11.8 Å². The van der Waals surface area contributed by atoms with Crippen LogP contribution in [0.1, 0.15) is 32.4 Å². The molecule has 0 saturated heterocycles. The Bertz CT molecular complexity index is 291. The van der Waals surface area contributed by atoms with Crippen LogP contribution in [0.2, 0.25) is 0 Å². The van der Waals surface area contributed by atoms with Crippen molar-refractivity contribution in [2.75, 3.05) is 18.1 Å². The first kappa shape index (κ1) is 14.6. The van der Waals surface area contributed by atoms with Crippen molar-refractivity contribution < 1.29 is 0 Å². The maximum atomic E-state index is 4.21. The molecule has 0 spiro atoms. The molecule has 0 aromatic carbocycles. The first-order valence-corrected chi connectivity index (χ1v) is 7.71. The van der Waals surface area contributed by atoms with Gasteiger partial charge in [0.15, 0.2) is 0 Å². The maximum Gasteiger partial charge on any atom is 0.0492 e. The lowest BCUT2D eigenvalue weighted by atomic mass is 10.1. The van der Waals surface area contributed by atoms with Gasteiger partial charge in [-0.3, -0.25) is 4.68 Å². The van der Waals surface area contributed by atoms with Crippen LogP contribution < -0.4 is 5.32 Å². The lowest BCUT2D eigenvalue weighted by Gasteiger charge is -2.17. The summed E-state index contributed by atoms with van der Waals surface area (Å²) >= 11 is 2.02. The summed E-state index contributed by atoms with van der Waals surface area (Å²) in [5.41, 5.74) is 1.33. The van der Waals surface area contributed by atoms with Gasteiger partial charge in [0.1, 0.15) is 0 Å². The third kappa shape index (κ3) is 5.59. The van der Waals surface area contributed by atoms with E-state index in [2.05, 4.69) is 30.3 Å². The van der Waals surface area contributed by atoms with Crippen LogP contribution in [0.25, 0.3) is 0 Å². The zero-order chi connectivity index (χ0) is 12.5. The smallest absolute Gasteiger partial charge is 0.0492 e. The normalized spacial score (nSPS) is 12.9. The Morgan fingerprint density at radius 3 is 2.88 bits per heavy atom. The molecular formula is C13H25N3S. The number of hydrogen-bond acceptors (Lipinski definition) is 3. The second kappa shape index (κ2) is 8.59. The fourth-order valence-electron chi connectivity index (χ4n) is 1.82. The Morgan fingerprint density at radius 1 is 1.47 bits per heavy atom. The fraction of sp³-hybridized carbons (Fsp3) is 0.769. The van der Waals surface area contributed by atoms with E-state index in [1.54, 1.807) is 0 Å². The molecule has 1 aromatic heterocycles. The number of hydrogen-bond donors (Lipinski definition) is 1. The lowest BCUT2D eigenvalue weighted by Crippen LogP contribution is -2.32. The van der Waals surface area contributed by atoms with Crippen molar-refractivity contribution in [1.82, 2.24) is 15.1 Å². The van der Waals surface area contributed by atoms with Crippen LogP contribution in [0, 0.1) is 0 Å². The minimum atomic E-state index is 0.634. The first-order valence-electron chi connectivity index (χ1n) is 6.55. The van der Waals surface area contributed by atoms with Crippen LogP contribution in [-0.4, -0.2) is 33.9 Å². The highest BCUT2D eigenvalue weighted by molar-refractivity contribution is 7.99. The molecule has 1 N–H and O–H groups in total. The average Bonchev–Trinajstić information content (AvgIpc) is 2.74. The van der Waals surface area contributed by atoms with Gasteiger partial charge in [0, 0.05) is 30.7 Å². The molecule has 1 atom stereocenters. The van der Waals surface area contributed by atoms with E-state index in [-0.39, 0.29) is 0 Å². The second-order valence-corrected chi connectivity index (χ2v) is 5.61. The molecule has 1 unspecified atom stereocenters. The molecule has 0 aliphatic heterocycles. The fourth-order valence-corrected chi connectivity index (χ4v) is 2.63. The topological polar surface area (TPSA) is 29.9 Å². The minimum Gasteiger partial charge on any atom is -0.313 e. The summed E-state index contributed by atoms with van der Waals surface area (Å²) in [6.45, 7) is 5.57. The summed E-state index contributed by atoms with van der Waals surface area (Å²) in [6, 6.07) is 2.75. The van der Waals surface area contributed by atoms with E-state index >= 15 is 0 Å². The summed E-state index contributed by atoms with van der Waals surface area (Å²) in [6.07, 6.45) is 5.40. The minimum absolute atomic E-state index is 0.634. The molecule has 1 heterocycles. The van der Waals surface area contributed by atoms with Crippen LogP contribution in [-0.2, 0) is 13.5 Å². The summed E-state index contributed by atoms with van der Waals surface area (Å²) in [5.74, 6) is 2.42. The van der Waals surface area contributed by atoms with Crippen LogP contribution in [0.15, 0.2) is 12.3 Å². The van der Waals surface area contributed by atoms with Crippen LogP contribution in [0.4, 0.5) is 0 Å². The number of aromatic nitrogens is 2. The summed E-state index contributed by atoms with van der Waals surface area (Å²) in [7, 11) is 2.02. The van der Waals surface area contributed by atoms with Gasteiger partial charge in [-0.25, -0.2) is 0 Å². The van der Waals surface area contributed by atoms with Crippen molar-refractivity contribution in [3.05, 3.63) is 18.0 Å². The van der Waals surface area contributed by atoms with Gasteiger partial charge in [0.05, 0.1) is 0 Å². The van der Waals surface area contributed by atoms with Crippen molar-refractivity contribution in [2.45, 2.75) is 39.2 Å². The van der Waals surface area contributed by atoms with E-state index in [1.165, 1.54) is 30.0 Å². The monoisotopic (exact) mass is 255 g/mol. The van der Waals surface area contributed by atoms with E-state index in [0.29, 0.717) is 6.04 Å². The van der Waals surface area contributed by atoms with Gasteiger partial charge in [-0.15, -0.1) is 0 Å². The molecule has 0 aliphatic rings. The molecule has 0 fully saturated rings. The van der Waals surface area contributed by atoms with E-state index in [1.807, 2.05) is 29.7 Å². The molecule has 17 heavy (non-hydrogen) atoms. The van der Waals surface area contributed by atoms with Crippen molar-refractivity contribution in [1.29, 1.82) is 0 Å². The highest BCUT2D eigenvalue weighted by atomic mass is 32.2. The Morgan fingerprint density at radius 2 is 2.29 bits per heavy atom. The first-order chi connectivity index (χ1) is 8.27. The number of nitrogens with zero attached hydrogens (tertiary/aromatic N) is 2. The van der Waals surface area contributed by atoms with E-state index in [0.717, 1.165) is 13.0 Å². The largest absolute Gasteiger partial charge is 0.313 e. The van der Waals surface area contributed by atoms with Crippen molar-refractivity contribution >= 4 is 11.8 Å². The van der Waals surface area contributed by atoms with Gasteiger partial charge in [-0.2, -0.15) is 16.9 Å². The Labute approximate surface area is 109 Å². The molecular weight excluding hydrogens is 230 g/mol. The van der Waals surface area contributed by atoms with Crippen LogP contribution in [0.3, 0.4) is 0 Å². The van der Waals surface area contributed by atoms with Gasteiger partial charge >= 0.3 is 0 Å². The lowest BCUT2D eigenvalue weighted by molar-refractivity contribution is 0.511. The maximum absolute atomic E-state index is 4.21. The van der Waals surface area contributed by atoms with E-state index < -0.39 is 0 Å². The molecule has 0 bridgehead atoms. The van der Waals surface area contributed by atoms with Crippen molar-refractivity contribution in [2.24, 2.45) is 7.05 Å². The molecule has 98 valence electrons. The highest BCUT2D eigenvalue weighted by Gasteiger charge is 2.09. The Balaban J connectivity index is 2.34. The van der Waals surface area contributed by atoms with Crippen molar-refractivity contribution in [3.8, 4) is 0 Å². The summed E-state index contributed by atoms with van der Waals surface area (Å²) in [5, 5.41) is 7.85. The third-order valence-corrected chi connectivity index (χ3v) is 3.92. The molecule has 4 heteroatoms. The Kier molecular flexibility index (Phi) is 7.37. The zero-order valence-corrected chi connectivity index (χ0v) is 12.1. The number of nitrogens with one attached hydrogen (secondary N) is 1. The molecule has 1 aromatic rings. The van der Waals surface area contributed by atoms with E-state index in [4.69, 9.17) is 0 Å². The number of rotatable bonds is 9. The van der Waals surface area contributed by atoms with Gasteiger partial charge in [0.2, 0.25) is 0 Å².